The zero-order chi connectivity index (χ0) is 17.2. The zero-order valence-electron chi connectivity index (χ0n) is 14.9. The van der Waals surface area contributed by atoms with E-state index in [0.29, 0.717) is 6.54 Å². The van der Waals surface area contributed by atoms with E-state index in [4.69, 9.17) is 5.11 Å². The summed E-state index contributed by atoms with van der Waals surface area (Å²) >= 11 is 0. The number of carboxylic acid groups (broad SMARTS) is 1. The van der Waals surface area contributed by atoms with Crippen LogP contribution in [0.1, 0.15) is 90.4 Å². The predicted octanol–water partition coefficient (Wildman–Crippen LogP) is 4.46. The normalized spacial score (nSPS) is 10.5. The van der Waals surface area contributed by atoms with E-state index in [1.165, 1.54) is 64.2 Å². The summed E-state index contributed by atoms with van der Waals surface area (Å²) in [6.45, 7) is 3.09. The van der Waals surface area contributed by atoms with Crippen molar-refractivity contribution in [3.63, 3.8) is 0 Å². The molecular weight excluding hydrogens is 292 g/mol. The average molecular weight is 328 g/mol. The highest BCUT2D eigenvalue weighted by Gasteiger charge is 2.01. The predicted molar refractivity (Wildman–Crippen MR) is 94.7 cm³/mol. The number of carbonyl (C=O) groups excluding carboxylic acids is 1. The molecule has 23 heavy (non-hydrogen) atoms. The first kappa shape index (κ1) is 21.7. The van der Waals surface area contributed by atoms with Crippen molar-refractivity contribution in [3.8, 4) is 0 Å². The molecule has 3 N–H and O–H groups in total. The number of hydrogen-bond acceptors (Lipinski definition) is 2. The minimum Gasteiger partial charge on any atom is -0.481 e. The van der Waals surface area contributed by atoms with E-state index in [1.807, 2.05) is 0 Å². The van der Waals surface area contributed by atoms with Crippen LogP contribution >= 0.6 is 0 Å². The number of urea groups is 1. The van der Waals surface area contributed by atoms with Gasteiger partial charge in [0.25, 0.3) is 0 Å². The lowest BCUT2D eigenvalue weighted by Crippen LogP contribution is -2.37. The largest absolute Gasteiger partial charge is 0.481 e. The second-order valence-electron chi connectivity index (χ2n) is 6.22. The molecule has 0 spiro atoms. The number of unbranched alkanes of at least 4 members (excludes halogenated alkanes) is 11. The number of carbonyl (C=O) groups is 2. The molecule has 0 radical (unpaired) electrons. The second kappa shape index (κ2) is 17.1. The highest BCUT2D eigenvalue weighted by atomic mass is 16.4. The van der Waals surface area contributed by atoms with Gasteiger partial charge in [0.2, 0.25) is 0 Å². The van der Waals surface area contributed by atoms with Crippen molar-refractivity contribution in [1.29, 1.82) is 0 Å². The van der Waals surface area contributed by atoms with Gasteiger partial charge in [0.05, 0.1) is 6.42 Å². The molecule has 0 saturated heterocycles. The van der Waals surface area contributed by atoms with Crippen molar-refractivity contribution in [3.05, 3.63) is 0 Å². The Morgan fingerprint density at radius 1 is 0.696 bits per heavy atom. The average Bonchev–Trinajstić information content (AvgIpc) is 2.51. The van der Waals surface area contributed by atoms with E-state index < -0.39 is 5.97 Å². The van der Waals surface area contributed by atoms with Gasteiger partial charge >= 0.3 is 12.0 Å². The van der Waals surface area contributed by atoms with Crippen LogP contribution in [0.4, 0.5) is 4.79 Å². The summed E-state index contributed by atoms with van der Waals surface area (Å²) in [5.41, 5.74) is 0. The third kappa shape index (κ3) is 18.7. The summed E-state index contributed by atoms with van der Waals surface area (Å²) in [5, 5.41) is 13.7. The quantitative estimate of drug-likeness (QED) is 0.366. The lowest BCUT2D eigenvalue weighted by molar-refractivity contribution is -0.136. The Kier molecular flexibility index (Phi) is 16.2. The number of nitrogens with one attached hydrogen (secondary N) is 2. The molecule has 0 bridgehead atoms. The van der Waals surface area contributed by atoms with Crippen molar-refractivity contribution in [2.24, 2.45) is 0 Å². The molecule has 0 aromatic rings. The molecule has 0 heterocycles. The van der Waals surface area contributed by atoms with Crippen LogP contribution in [-0.4, -0.2) is 30.2 Å². The molecular formula is C18H36N2O3. The Bertz CT molecular complexity index is 296. The molecule has 0 aliphatic heterocycles. The van der Waals surface area contributed by atoms with E-state index in [1.54, 1.807) is 0 Å². The summed E-state index contributed by atoms with van der Waals surface area (Å²) in [4.78, 5) is 21.6. The summed E-state index contributed by atoms with van der Waals surface area (Å²) in [6.07, 6.45) is 15.6. The molecule has 2 amide bonds. The van der Waals surface area contributed by atoms with Gasteiger partial charge in [-0.1, -0.05) is 77.6 Å². The fraction of sp³-hybridized carbons (Fsp3) is 0.889. The molecule has 136 valence electrons. The Hall–Kier alpha value is -1.26. The second-order valence-corrected chi connectivity index (χ2v) is 6.22. The fourth-order valence-electron chi connectivity index (χ4n) is 2.51. The Labute approximate surface area is 141 Å². The minimum absolute atomic E-state index is 0.0357. The Morgan fingerprint density at radius 3 is 1.61 bits per heavy atom. The highest BCUT2D eigenvalue weighted by molar-refractivity contribution is 5.74. The lowest BCUT2D eigenvalue weighted by Gasteiger charge is -2.06. The molecule has 5 nitrogen and oxygen atoms in total. The molecule has 0 fully saturated rings. The van der Waals surface area contributed by atoms with Crippen LogP contribution in [-0.2, 0) is 4.79 Å². The maximum absolute atomic E-state index is 11.3. The van der Waals surface area contributed by atoms with Gasteiger partial charge in [-0.15, -0.1) is 0 Å². The van der Waals surface area contributed by atoms with E-state index in [-0.39, 0.29) is 19.0 Å². The maximum Gasteiger partial charge on any atom is 0.314 e. The minimum atomic E-state index is -0.897. The smallest absolute Gasteiger partial charge is 0.314 e. The first-order chi connectivity index (χ1) is 11.2. The molecule has 0 aromatic carbocycles. The van der Waals surface area contributed by atoms with E-state index in [2.05, 4.69) is 17.6 Å². The topological polar surface area (TPSA) is 78.4 Å². The molecule has 0 unspecified atom stereocenters. The van der Waals surface area contributed by atoms with Crippen molar-refractivity contribution in [1.82, 2.24) is 10.6 Å². The van der Waals surface area contributed by atoms with Gasteiger partial charge in [0.1, 0.15) is 0 Å². The summed E-state index contributed by atoms with van der Waals surface area (Å²) < 4.78 is 0. The molecule has 0 aromatic heterocycles. The first-order valence-corrected chi connectivity index (χ1v) is 9.40. The van der Waals surface area contributed by atoms with Crippen LogP contribution in [0, 0.1) is 0 Å². The van der Waals surface area contributed by atoms with Crippen molar-refractivity contribution < 1.29 is 14.7 Å². The number of carboxylic acids is 1. The SMILES string of the molecule is CCCCCCCCCCCCCCNC(=O)NCCC(=O)O. The summed E-state index contributed by atoms with van der Waals surface area (Å²) in [7, 11) is 0. The zero-order valence-corrected chi connectivity index (χ0v) is 14.9. The monoisotopic (exact) mass is 328 g/mol. The molecule has 0 aliphatic rings. The van der Waals surface area contributed by atoms with Gasteiger partial charge < -0.3 is 15.7 Å². The number of rotatable bonds is 16. The molecule has 0 saturated carbocycles. The summed E-state index contributed by atoms with van der Waals surface area (Å²) in [6, 6.07) is -0.269. The van der Waals surface area contributed by atoms with Crippen LogP contribution in [0.2, 0.25) is 0 Å². The van der Waals surface area contributed by atoms with Gasteiger partial charge in [-0.05, 0) is 6.42 Å². The third-order valence-corrected chi connectivity index (χ3v) is 3.94. The maximum atomic E-state index is 11.3. The van der Waals surface area contributed by atoms with Crippen LogP contribution in [0.25, 0.3) is 0 Å². The summed E-state index contributed by atoms with van der Waals surface area (Å²) in [5.74, 6) is -0.897. The lowest BCUT2D eigenvalue weighted by atomic mass is 10.1. The van der Waals surface area contributed by atoms with Crippen molar-refractivity contribution in [2.45, 2.75) is 90.4 Å². The van der Waals surface area contributed by atoms with E-state index >= 15 is 0 Å². The van der Waals surface area contributed by atoms with Gasteiger partial charge in [-0.25, -0.2) is 4.79 Å². The van der Waals surface area contributed by atoms with Crippen molar-refractivity contribution in [2.75, 3.05) is 13.1 Å². The molecule has 0 rings (SSSR count). The van der Waals surface area contributed by atoms with Gasteiger partial charge in [-0.2, -0.15) is 0 Å². The van der Waals surface area contributed by atoms with Crippen LogP contribution in [0.15, 0.2) is 0 Å². The molecule has 0 aliphatic carbocycles. The fourth-order valence-corrected chi connectivity index (χ4v) is 2.51. The van der Waals surface area contributed by atoms with E-state index in [9.17, 15) is 9.59 Å². The molecule has 5 heteroatoms. The van der Waals surface area contributed by atoms with Crippen LogP contribution in [0.5, 0.6) is 0 Å². The van der Waals surface area contributed by atoms with Gasteiger partial charge in [0.15, 0.2) is 0 Å². The van der Waals surface area contributed by atoms with Crippen LogP contribution < -0.4 is 10.6 Å². The first-order valence-electron chi connectivity index (χ1n) is 9.40. The van der Waals surface area contributed by atoms with Crippen molar-refractivity contribution >= 4 is 12.0 Å². The van der Waals surface area contributed by atoms with Crippen LogP contribution in [0.3, 0.4) is 0 Å². The number of amides is 2. The van der Waals surface area contributed by atoms with Gasteiger partial charge in [-0.3, -0.25) is 4.79 Å². The third-order valence-electron chi connectivity index (χ3n) is 3.94. The van der Waals surface area contributed by atoms with E-state index in [0.717, 1.165) is 12.8 Å². The van der Waals surface area contributed by atoms with Gasteiger partial charge in [0, 0.05) is 13.1 Å². The number of aliphatic carboxylic acids is 1. The standard InChI is InChI=1S/C18H36N2O3/c1-2-3-4-5-6-7-8-9-10-11-12-13-15-19-18(23)20-16-14-17(21)22/h2-16H2,1H3,(H,21,22)(H2,19,20,23). The highest BCUT2D eigenvalue weighted by Crippen LogP contribution is 2.11. The Balaban J connectivity index is 3.12. The Morgan fingerprint density at radius 2 is 1.13 bits per heavy atom. The number of hydrogen-bond donors (Lipinski definition) is 3. The molecule has 0 atom stereocenters.